The predicted octanol–water partition coefficient (Wildman–Crippen LogP) is 1.14. The van der Waals surface area contributed by atoms with Gasteiger partial charge in [-0.2, -0.15) is 0 Å². The van der Waals surface area contributed by atoms with Crippen molar-refractivity contribution in [3.05, 3.63) is 12.7 Å². The predicted molar refractivity (Wildman–Crippen MR) is 113 cm³/mol. The summed E-state index contributed by atoms with van der Waals surface area (Å²) in [6.45, 7) is 4.77. The number of imidazole rings is 1. The Balaban J connectivity index is 1.65. The van der Waals surface area contributed by atoms with E-state index in [0.717, 1.165) is 0 Å². The maximum Gasteiger partial charge on any atom is 0.332 e. The molecule has 2 aromatic heterocycles. The van der Waals surface area contributed by atoms with Gasteiger partial charge in [0.2, 0.25) is 0 Å². The number of anilines is 1. The highest BCUT2D eigenvalue weighted by Gasteiger charge is 2.54. The Morgan fingerprint density at radius 3 is 2.66 bits per heavy atom. The average Bonchev–Trinajstić information content (AvgIpc) is 3.38. The topological polar surface area (TPSA) is 181 Å². The Bertz CT molecular complexity index is 1040. The number of nitrogen functional groups attached to an aromatic ring is 1. The van der Waals surface area contributed by atoms with Crippen molar-refractivity contribution < 1.29 is 33.3 Å². The molecule has 4 N–H and O–H groups in total. The number of nitrogens with zero attached hydrogens (tertiary/aromatic N) is 4. The number of esters is 1. The van der Waals surface area contributed by atoms with Gasteiger partial charge in [0.05, 0.1) is 25.1 Å². The van der Waals surface area contributed by atoms with Crippen LogP contribution in [-0.4, -0.2) is 67.3 Å². The molecule has 1 aliphatic rings. The Morgan fingerprint density at radius 1 is 1.31 bits per heavy atom. The standard InChI is InChI=1S/C18H27N6O7P/c1-11(2)31-13(25)7-30-32(28,23-18(4-5-18)17(26)27)10-29-12(3)6-24-9-22-14-15(19)20-8-21-16(14)24/h8-9,11-12H,4-7,10H2,1-3H3,(H,23,28)(H,26,27)(H2,19,20,21)/t12-,32?/m1/s1. The summed E-state index contributed by atoms with van der Waals surface area (Å²) in [5.41, 5.74) is 5.41. The number of carbonyl (C=O) groups excluding carboxylic acids is 1. The number of aromatic nitrogens is 4. The number of aliphatic carboxylic acids is 1. The van der Waals surface area contributed by atoms with Crippen LogP contribution in [-0.2, 0) is 34.7 Å². The van der Waals surface area contributed by atoms with Crippen LogP contribution in [0, 0.1) is 0 Å². The smallest absolute Gasteiger partial charge is 0.332 e. The van der Waals surface area contributed by atoms with E-state index in [-0.39, 0.29) is 11.9 Å². The van der Waals surface area contributed by atoms with Crippen LogP contribution in [0.1, 0.15) is 33.6 Å². The molecule has 1 unspecified atom stereocenters. The number of carboxylic acid groups (broad SMARTS) is 1. The van der Waals surface area contributed by atoms with Crippen LogP contribution in [0.2, 0.25) is 0 Å². The molecule has 0 spiro atoms. The summed E-state index contributed by atoms with van der Waals surface area (Å²) < 4.78 is 31.1. The molecule has 176 valence electrons. The first-order valence-corrected chi connectivity index (χ1v) is 11.8. The van der Waals surface area contributed by atoms with Crippen molar-refractivity contribution in [3.63, 3.8) is 0 Å². The molecule has 14 heteroatoms. The van der Waals surface area contributed by atoms with Gasteiger partial charge >= 0.3 is 11.9 Å². The molecule has 32 heavy (non-hydrogen) atoms. The van der Waals surface area contributed by atoms with E-state index in [4.69, 9.17) is 19.7 Å². The number of hydrogen-bond donors (Lipinski definition) is 3. The number of hydrogen-bond acceptors (Lipinski definition) is 10. The summed E-state index contributed by atoms with van der Waals surface area (Å²) in [7, 11) is -3.85. The second kappa shape index (κ2) is 9.49. The summed E-state index contributed by atoms with van der Waals surface area (Å²) in [6, 6.07) is 0. The van der Waals surface area contributed by atoms with Crippen molar-refractivity contribution in [1.29, 1.82) is 0 Å². The first-order chi connectivity index (χ1) is 15.0. The number of fused-ring (bicyclic) bond motifs is 1. The Labute approximate surface area is 184 Å². The fraction of sp³-hybridized carbons (Fsp3) is 0.611. The number of carboxylic acids is 1. The highest BCUT2D eigenvalue weighted by atomic mass is 31.2. The third kappa shape index (κ3) is 5.80. The molecule has 0 aromatic carbocycles. The molecule has 13 nitrogen and oxygen atoms in total. The summed E-state index contributed by atoms with van der Waals surface area (Å²) >= 11 is 0. The van der Waals surface area contributed by atoms with Crippen molar-refractivity contribution in [2.45, 2.75) is 57.9 Å². The van der Waals surface area contributed by atoms with Gasteiger partial charge in [0.15, 0.2) is 18.1 Å². The summed E-state index contributed by atoms with van der Waals surface area (Å²) in [4.78, 5) is 35.6. The molecule has 0 radical (unpaired) electrons. The molecular weight excluding hydrogens is 443 g/mol. The van der Waals surface area contributed by atoms with Crippen LogP contribution in [0.4, 0.5) is 5.82 Å². The molecule has 0 amide bonds. The van der Waals surface area contributed by atoms with Gasteiger partial charge in [-0.05, 0) is 33.6 Å². The molecule has 1 fully saturated rings. The molecule has 0 bridgehead atoms. The molecule has 0 aliphatic heterocycles. The van der Waals surface area contributed by atoms with Gasteiger partial charge in [-0.25, -0.2) is 24.8 Å². The molecule has 3 rings (SSSR count). The second-order valence-electron chi connectivity index (χ2n) is 7.92. The van der Waals surface area contributed by atoms with Crippen LogP contribution in [0.15, 0.2) is 12.7 Å². The molecular formula is C18H27N6O7P. The summed E-state index contributed by atoms with van der Waals surface area (Å²) in [6.07, 6.45) is 2.16. The van der Waals surface area contributed by atoms with Crippen molar-refractivity contribution in [3.8, 4) is 0 Å². The number of nitrogens with one attached hydrogen (secondary N) is 1. The molecule has 2 aromatic rings. The first-order valence-electron chi connectivity index (χ1n) is 10.0. The fourth-order valence-corrected chi connectivity index (χ4v) is 4.91. The lowest BCUT2D eigenvalue weighted by atomic mass is 10.3. The second-order valence-corrected chi connectivity index (χ2v) is 10.0. The van der Waals surface area contributed by atoms with Gasteiger partial charge in [0.25, 0.3) is 7.52 Å². The average molecular weight is 470 g/mol. The van der Waals surface area contributed by atoms with Crippen molar-refractivity contribution in [2.75, 3.05) is 18.7 Å². The molecule has 1 saturated carbocycles. The van der Waals surface area contributed by atoms with E-state index in [1.165, 1.54) is 12.7 Å². The molecule has 0 saturated heterocycles. The summed E-state index contributed by atoms with van der Waals surface area (Å²) in [5, 5.41) is 12.0. The lowest BCUT2D eigenvalue weighted by Gasteiger charge is -2.25. The monoisotopic (exact) mass is 470 g/mol. The van der Waals surface area contributed by atoms with Crippen LogP contribution >= 0.6 is 7.52 Å². The van der Waals surface area contributed by atoms with Gasteiger partial charge in [-0.1, -0.05) is 0 Å². The largest absolute Gasteiger partial charge is 0.480 e. The van der Waals surface area contributed by atoms with E-state index >= 15 is 0 Å². The summed E-state index contributed by atoms with van der Waals surface area (Å²) in [5.74, 6) is -1.60. The van der Waals surface area contributed by atoms with Gasteiger partial charge in [-0.3, -0.25) is 9.36 Å². The third-order valence-electron chi connectivity index (χ3n) is 4.71. The zero-order valence-corrected chi connectivity index (χ0v) is 18.9. The number of nitrogens with two attached hydrogens (primary N) is 1. The van der Waals surface area contributed by atoms with Crippen molar-refractivity contribution >= 4 is 36.4 Å². The lowest BCUT2D eigenvalue weighted by Crippen LogP contribution is -2.39. The number of rotatable bonds is 12. The van der Waals surface area contributed by atoms with E-state index in [1.54, 1.807) is 25.3 Å². The highest BCUT2D eigenvalue weighted by molar-refractivity contribution is 7.56. The molecule has 1 aliphatic carbocycles. The van der Waals surface area contributed by atoms with Gasteiger partial charge < -0.3 is 29.4 Å². The van der Waals surface area contributed by atoms with Crippen molar-refractivity contribution in [2.24, 2.45) is 0 Å². The minimum atomic E-state index is -3.85. The fourth-order valence-electron chi connectivity index (χ4n) is 2.97. The van der Waals surface area contributed by atoms with E-state index in [9.17, 15) is 19.3 Å². The maximum absolute atomic E-state index is 13.3. The minimum absolute atomic E-state index is 0.251. The van der Waals surface area contributed by atoms with Gasteiger partial charge in [-0.15, -0.1) is 0 Å². The van der Waals surface area contributed by atoms with E-state index < -0.39 is 44.1 Å². The van der Waals surface area contributed by atoms with Crippen LogP contribution in [0.5, 0.6) is 0 Å². The number of ether oxygens (including phenoxy) is 2. The molecule has 2 heterocycles. The Morgan fingerprint density at radius 2 is 2.03 bits per heavy atom. The quantitative estimate of drug-likeness (QED) is 0.298. The minimum Gasteiger partial charge on any atom is -0.480 e. The first kappa shape index (κ1) is 24.1. The molecule has 2 atom stereocenters. The maximum atomic E-state index is 13.3. The van der Waals surface area contributed by atoms with E-state index in [2.05, 4.69) is 20.0 Å². The van der Waals surface area contributed by atoms with Crippen molar-refractivity contribution in [1.82, 2.24) is 24.6 Å². The number of carbonyl (C=O) groups is 2. The Hall–Kier alpha value is -2.60. The van der Waals surface area contributed by atoms with E-state index in [1.807, 2.05) is 0 Å². The Kier molecular flexibility index (Phi) is 7.13. The van der Waals surface area contributed by atoms with Crippen LogP contribution in [0.25, 0.3) is 11.2 Å². The van der Waals surface area contributed by atoms with Gasteiger partial charge in [0, 0.05) is 0 Å². The lowest BCUT2D eigenvalue weighted by molar-refractivity contribution is -0.149. The van der Waals surface area contributed by atoms with Crippen LogP contribution in [0.3, 0.4) is 0 Å². The highest BCUT2D eigenvalue weighted by Crippen LogP contribution is 2.51. The SMILES string of the molecule is CC(C)OC(=O)COP(=O)(CO[C@H](C)Cn1cnc2c(N)ncnc21)NC1(C(=O)O)CC1. The zero-order valence-electron chi connectivity index (χ0n) is 18.1. The zero-order chi connectivity index (χ0) is 23.5. The third-order valence-corrected chi connectivity index (χ3v) is 6.52. The van der Waals surface area contributed by atoms with E-state index in [0.29, 0.717) is 30.6 Å². The normalized spacial score (nSPS) is 17.8. The van der Waals surface area contributed by atoms with Crippen LogP contribution < -0.4 is 10.8 Å². The van der Waals surface area contributed by atoms with Gasteiger partial charge in [0.1, 0.15) is 23.7 Å².